The highest BCUT2D eigenvalue weighted by Crippen LogP contribution is 2.43. The Bertz CT molecular complexity index is 161. The SMILES string of the molecule is CNC1CCC(C)C(C2CCC2)C1. The van der Waals surface area contributed by atoms with Gasteiger partial charge >= 0.3 is 0 Å². The van der Waals surface area contributed by atoms with Crippen LogP contribution in [0.15, 0.2) is 0 Å². The van der Waals surface area contributed by atoms with Crippen LogP contribution in [-0.4, -0.2) is 13.1 Å². The summed E-state index contributed by atoms with van der Waals surface area (Å²) in [5, 5.41) is 3.46. The van der Waals surface area contributed by atoms with Gasteiger partial charge in [-0.15, -0.1) is 0 Å². The highest BCUT2D eigenvalue weighted by molar-refractivity contribution is 4.88. The van der Waals surface area contributed by atoms with Crippen LogP contribution in [0.1, 0.15) is 45.4 Å². The molecule has 1 N–H and O–H groups in total. The molecule has 0 heterocycles. The van der Waals surface area contributed by atoms with Crippen molar-refractivity contribution in [2.75, 3.05) is 7.05 Å². The van der Waals surface area contributed by atoms with Gasteiger partial charge in [-0.25, -0.2) is 0 Å². The van der Waals surface area contributed by atoms with Crippen LogP contribution in [0.3, 0.4) is 0 Å². The van der Waals surface area contributed by atoms with Crippen LogP contribution in [-0.2, 0) is 0 Å². The van der Waals surface area contributed by atoms with Gasteiger partial charge in [0, 0.05) is 6.04 Å². The van der Waals surface area contributed by atoms with E-state index in [1.165, 1.54) is 38.5 Å². The second-order valence-electron chi connectivity index (χ2n) is 5.13. The van der Waals surface area contributed by atoms with Gasteiger partial charge in [0.15, 0.2) is 0 Å². The van der Waals surface area contributed by atoms with Crippen molar-refractivity contribution in [3.63, 3.8) is 0 Å². The third-order valence-corrected chi connectivity index (χ3v) is 4.42. The van der Waals surface area contributed by atoms with Crippen molar-refractivity contribution in [1.82, 2.24) is 5.32 Å². The summed E-state index contributed by atoms with van der Waals surface area (Å²) in [5.41, 5.74) is 0. The quantitative estimate of drug-likeness (QED) is 0.690. The van der Waals surface area contributed by atoms with Crippen molar-refractivity contribution in [2.24, 2.45) is 17.8 Å². The minimum Gasteiger partial charge on any atom is -0.317 e. The predicted octanol–water partition coefficient (Wildman–Crippen LogP) is 2.81. The van der Waals surface area contributed by atoms with Crippen LogP contribution in [0.4, 0.5) is 0 Å². The molecule has 0 aromatic carbocycles. The van der Waals surface area contributed by atoms with Crippen LogP contribution >= 0.6 is 0 Å². The zero-order chi connectivity index (χ0) is 9.26. The lowest BCUT2D eigenvalue weighted by molar-refractivity contribution is 0.0959. The standard InChI is InChI=1S/C12H23N/c1-9-6-7-11(13-2)8-12(9)10-4-3-5-10/h9-13H,3-8H2,1-2H3. The van der Waals surface area contributed by atoms with Crippen LogP contribution in [0, 0.1) is 17.8 Å². The lowest BCUT2D eigenvalue weighted by Gasteiger charge is -2.42. The molecule has 2 aliphatic rings. The van der Waals surface area contributed by atoms with Crippen LogP contribution in [0.5, 0.6) is 0 Å². The number of hydrogen-bond acceptors (Lipinski definition) is 1. The molecule has 2 saturated carbocycles. The van der Waals surface area contributed by atoms with E-state index in [1.54, 1.807) is 0 Å². The monoisotopic (exact) mass is 181 g/mol. The molecule has 1 nitrogen and oxygen atoms in total. The molecule has 2 fully saturated rings. The first-order chi connectivity index (χ1) is 6.31. The molecule has 0 bridgehead atoms. The summed E-state index contributed by atoms with van der Waals surface area (Å²) in [7, 11) is 2.12. The molecule has 1 heteroatoms. The molecule has 2 rings (SSSR count). The first-order valence-electron chi connectivity index (χ1n) is 5.98. The third-order valence-electron chi connectivity index (χ3n) is 4.42. The molecule has 3 unspecified atom stereocenters. The lowest BCUT2D eigenvalue weighted by atomic mass is 9.65. The van der Waals surface area contributed by atoms with Crippen molar-refractivity contribution in [1.29, 1.82) is 0 Å². The summed E-state index contributed by atoms with van der Waals surface area (Å²) in [5.74, 6) is 3.13. The van der Waals surface area contributed by atoms with Crippen molar-refractivity contribution in [2.45, 2.75) is 51.5 Å². The third kappa shape index (κ3) is 1.90. The first kappa shape index (κ1) is 9.51. The second-order valence-corrected chi connectivity index (χ2v) is 5.13. The van der Waals surface area contributed by atoms with Crippen LogP contribution in [0.2, 0.25) is 0 Å². The summed E-state index contributed by atoms with van der Waals surface area (Å²) in [6, 6.07) is 0.821. The van der Waals surface area contributed by atoms with Gasteiger partial charge in [0.2, 0.25) is 0 Å². The fourth-order valence-corrected chi connectivity index (χ4v) is 3.14. The first-order valence-corrected chi connectivity index (χ1v) is 5.98. The van der Waals surface area contributed by atoms with E-state index in [-0.39, 0.29) is 0 Å². The van der Waals surface area contributed by atoms with Gasteiger partial charge in [-0.3, -0.25) is 0 Å². The Morgan fingerprint density at radius 2 is 1.85 bits per heavy atom. The number of hydrogen-bond donors (Lipinski definition) is 1. The summed E-state index contributed by atoms with van der Waals surface area (Å²) in [6.45, 7) is 2.47. The Labute approximate surface area is 82.3 Å². The molecule has 13 heavy (non-hydrogen) atoms. The average Bonchev–Trinajstić information content (AvgIpc) is 2.06. The molecule has 0 spiro atoms. The summed E-state index contributed by atoms with van der Waals surface area (Å²) in [4.78, 5) is 0. The maximum Gasteiger partial charge on any atom is 0.00670 e. The Kier molecular flexibility index (Phi) is 2.92. The van der Waals surface area contributed by atoms with Gasteiger partial charge in [-0.05, 0) is 44.1 Å². The van der Waals surface area contributed by atoms with E-state index >= 15 is 0 Å². The Balaban J connectivity index is 1.90. The molecule has 3 atom stereocenters. The Morgan fingerprint density at radius 1 is 1.08 bits per heavy atom. The Hall–Kier alpha value is -0.0400. The maximum absolute atomic E-state index is 3.46. The fraction of sp³-hybridized carbons (Fsp3) is 1.00. The molecule has 0 saturated heterocycles. The van der Waals surface area contributed by atoms with Crippen LogP contribution < -0.4 is 5.32 Å². The smallest absolute Gasteiger partial charge is 0.00670 e. The van der Waals surface area contributed by atoms with Crippen molar-refractivity contribution < 1.29 is 0 Å². The fourth-order valence-electron chi connectivity index (χ4n) is 3.14. The van der Waals surface area contributed by atoms with Gasteiger partial charge in [-0.2, -0.15) is 0 Å². The van der Waals surface area contributed by atoms with E-state index in [1.807, 2.05) is 0 Å². The molecule has 0 aliphatic heterocycles. The summed E-state index contributed by atoms with van der Waals surface area (Å²) in [6.07, 6.45) is 8.84. The van der Waals surface area contributed by atoms with Gasteiger partial charge in [0.05, 0.1) is 0 Å². The maximum atomic E-state index is 3.46. The molecule has 0 radical (unpaired) electrons. The highest BCUT2D eigenvalue weighted by Gasteiger charge is 2.35. The second kappa shape index (κ2) is 4.00. The molecular formula is C12H23N. The average molecular weight is 181 g/mol. The topological polar surface area (TPSA) is 12.0 Å². The van der Waals surface area contributed by atoms with E-state index in [0.717, 1.165) is 23.8 Å². The van der Waals surface area contributed by atoms with Gasteiger partial charge in [0.25, 0.3) is 0 Å². The van der Waals surface area contributed by atoms with Crippen molar-refractivity contribution in [3.05, 3.63) is 0 Å². The zero-order valence-corrected chi connectivity index (χ0v) is 9.05. The van der Waals surface area contributed by atoms with Gasteiger partial charge < -0.3 is 5.32 Å². The number of nitrogens with one attached hydrogen (secondary N) is 1. The number of rotatable bonds is 2. The summed E-state index contributed by atoms with van der Waals surface area (Å²) < 4.78 is 0. The van der Waals surface area contributed by atoms with E-state index in [4.69, 9.17) is 0 Å². The molecule has 0 aromatic heterocycles. The molecule has 0 aromatic rings. The zero-order valence-electron chi connectivity index (χ0n) is 9.05. The van der Waals surface area contributed by atoms with Gasteiger partial charge in [0.1, 0.15) is 0 Å². The van der Waals surface area contributed by atoms with Crippen LogP contribution in [0.25, 0.3) is 0 Å². The minimum absolute atomic E-state index is 0.821. The van der Waals surface area contributed by atoms with E-state index < -0.39 is 0 Å². The van der Waals surface area contributed by atoms with Crippen molar-refractivity contribution >= 4 is 0 Å². The van der Waals surface area contributed by atoms with E-state index in [0.29, 0.717) is 0 Å². The van der Waals surface area contributed by atoms with E-state index in [9.17, 15) is 0 Å². The molecule has 2 aliphatic carbocycles. The van der Waals surface area contributed by atoms with E-state index in [2.05, 4.69) is 19.3 Å². The molecule has 76 valence electrons. The molecule has 0 amide bonds. The largest absolute Gasteiger partial charge is 0.317 e. The predicted molar refractivity (Wildman–Crippen MR) is 56.7 cm³/mol. The summed E-state index contributed by atoms with van der Waals surface area (Å²) >= 11 is 0. The van der Waals surface area contributed by atoms with Crippen molar-refractivity contribution in [3.8, 4) is 0 Å². The normalized spacial score (nSPS) is 41.5. The van der Waals surface area contributed by atoms with Gasteiger partial charge in [-0.1, -0.05) is 26.2 Å². The molecular weight excluding hydrogens is 158 g/mol. The minimum atomic E-state index is 0.821. The highest BCUT2D eigenvalue weighted by atomic mass is 14.9. The Morgan fingerprint density at radius 3 is 2.38 bits per heavy atom. The lowest BCUT2D eigenvalue weighted by Crippen LogP contribution is -2.39.